The number of carbonyl (C=O) groups excluding carboxylic acids is 3. The molecule has 2 aromatic rings. The minimum Gasteiger partial charge on any atom is -0.322 e. The van der Waals surface area contributed by atoms with Crippen molar-refractivity contribution in [1.82, 2.24) is 14.7 Å². The van der Waals surface area contributed by atoms with Crippen LogP contribution in [0, 0.1) is 5.92 Å². The summed E-state index contributed by atoms with van der Waals surface area (Å²) in [6.07, 6.45) is 0. The summed E-state index contributed by atoms with van der Waals surface area (Å²) < 4.78 is 0. The van der Waals surface area contributed by atoms with Gasteiger partial charge in [0.15, 0.2) is 0 Å². The van der Waals surface area contributed by atoms with Crippen molar-refractivity contribution in [2.24, 2.45) is 5.92 Å². The van der Waals surface area contributed by atoms with Crippen molar-refractivity contribution in [3.63, 3.8) is 0 Å². The molecule has 0 saturated carbocycles. The first-order valence-corrected chi connectivity index (χ1v) is 11.1. The number of nitrogens with zero attached hydrogens (tertiary/aromatic N) is 3. The standard InChI is InChI=1S/C25H30N4O3/c1-17(2)15-29-24(31)21-9-6-19(14-22(21)25(29)32)23(30)26-20-7-4-18(5-8-20)16-28-12-10-27(3)11-13-28/h4-9,14,17H,10-13,15-16H2,1-3H3,(H,26,30). The van der Waals surface area contributed by atoms with Crippen LogP contribution in [0.2, 0.25) is 0 Å². The topological polar surface area (TPSA) is 73.0 Å². The van der Waals surface area contributed by atoms with Crippen molar-refractivity contribution in [2.45, 2.75) is 20.4 Å². The van der Waals surface area contributed by atoms with Crippen LogP contribution in [0.4, 0.5) is 5.69 Å². The number of benzene rings is 2. The first-order valence-electron chi connectivity index (χ1n) is 11.1. The number of likely N-dealkylation sites (N-methyl/N-ethyl adjacent to an activating group) is 1. The molecule has 4 rings (SSSR count). The first-order chi connectivity index (χ1) is 15.3. The summed E-state index contributed by atoms with van der Waals surface area (Å²) in [6, 6.07) is 12.5. The Morgan fingerprint density at radius 1 is 0.938 bits per heavy atom. The third-order valence-corrected chi connectivity index (χ3v) is 5.99. The quantitative estimate of drug-likeness (QED) is 0.708. The fourth-order valence-corrected chi connectivity index (χ4v) is 4.12. The monoisotopic (exact) mass is 434 g/mol. The maximum atomic E-state index is 12.8. The Morgan fingerprint density at radius 3 is 2.25 bits per heavy atom. The maximum Gasteiger partial charge on any atom is 0.261 e. The number of imide groups is 1. The number of fused-ring (bicyclic) bond motifs is 1. The summed E-state index contributed by atoms with van der Waals surface area (Å²) in [5.74, 6) is -0.746. The second-order valence-electron chi connectivity index (χ2n) is 9.11. The zero-order chi connectivity index (χ0) is 22.8. The van der Waals surface area contributed by atoms with Crippen LogP contribution in [-0.2, 0) is 6.54 Å². The van der Waals surface area contributed by atoms with Crippen LogP contribution < -0.4 is 5.32 Å². The van der Waals surface area contributed by atoms with Gasteiger partial charge in [0.2, 0.25) is 0 Å². The molecule has 0 aromatic heterocycles. The Balaban J connectivity index is 1.40. The van der Waals surface area contributed by atoms with E-state index in [2.05, 4.69) is 22.2 Å². The lowest BCUT2D eigenvalue weighted by Crippen LogP contribution is -2.43. The number of hydrogen-bond acceptors (Lipinski definition) is 5. The molecule has 32 heavy (non-hydrogen) atoms. The molecule has 168 valence electrons. The summed E-state index contributed by atoms with van der Waals surface area (Å²) in [6.45, 7) is 9.46. The maximum absolute atomic E-state index is 12.8. The Kier molecular flexibility index (Phi) is 6.39. The van der Waals surface area contributed by atoms with E-state index >= 15 is 0 Å². The highest BCUT2D eigenvalue weighted by Gasteiger charge is 2.36. The molecule has 0 spiro atoms. The van der Waals surface area contributed by atoms with Crippen LogP contribution in [0.1, 0.15) is 50.5 Å². The first kappa shape index (κ1) is 22.2. The molecule has 2 aliphatic rings. The van der Waals surface area contributed by atoms with Gasteiger partial charge in [0.25, 0.3) is 17.7 Å². The molecule has 0 atom stereocenters. The van der Waals surface area contributed by atoms with Crippen molar-refractivity contribution in [3.05, 3.63) is 64.7 Å². The van der Waals surface area contributed by atoms with E-state index in [-0.39, 0.29) is 23.6 Å². The van der Waals surface area contributed by atoms with E-state index in [1.165, 1.54) is 16.5 Å². The van der Waals surface area contributed by atoms with Crippen LogP contribution in [-0.4, -0.2) is 72.2 Å². The molecule has 0 unspecified atom stereocenters. The lowest BCUT2D eigenvalue weighted by atomic mass is 10.1. The summed E-state index contributed by atoms with van der Waals surface area (Å²) in [7, 11) is 2.14. The molecule has 0 radical (unpaired) electrons. The fourth-order valence-electron chi connectivity index (χ4n) is 4.12. The van der Waals surface area contributed by atoms with E-state index in [0.717, 1.165) is 32.7 Å². The van der Waals surface area contributed by atoms with Crippen molar-refractivity contribution in [3.8, 4) is 0 Å². The SMILES string of the molecule is CC(C)CN1C(=O)c2ccc(C(=O)Nc3ccc(CN4CCN(C)CC4)cc3)cc2C1=O. The van der Waals surface area contributed by atoms with E-state index in [9.17, 15) is 14.4 Å². The third-order valence-electron chi connectivity index (χ3n) is 5.99. The summed E-state index contributed by atoms with van der Waals surface area (Å²) >= 11 is 0. The highest BCUT2D eigenvalue weighted by molar-refractivity contribution is 6.22. The van der Waals surface area contributed by atoms with Gasteiger partial charge >= 0.3 is 0 Å². The highest BCUT2D eigenvalue weighted by atomic mass is 16.2. The number of nitrogens with one attached hydrogen (secondary N) is 1. The van der Waals surface area contributed by atoms with Gasteiger partial charge in [-0.1, -0.05) is 26.0 Å². The zero-order valence-electron chi connectivity index (χ0n) is 18.9. The van der Waals surface area contributed by atoms with E-state index in [4.69, 9.17) is 0 Å². The average molecular weight is 435 g/mol. The molecular weight excluding hydrogens is 404 g/mol. The van der Waals surface area contributed by atoms with Crippen LogP contribution >= 0.6 is 0 Å². The second-order valence-corrected chi connectivity index (χ2v) is 9.11. The predicted octanol–water partition coefficient (Wildman–Crippen LogP) is 2.94. The molecule has 1 saturated heterocycles. The van der Waals surface area contributed by atoms with Crippen LogP contribution in [0.15, 0.2) is 42.5 Å². The van der Waals surface area contributed by atoms with Gasteiger partial charge in [-0.25, -0.2) is 0 Å². The van der Waals surface area contributed by atoms with E-state index < -0.39 is 0 Å². The Morgan fingerprint density at radius 2 is 1.59 bits per heavy atom. The predicted molar refractivity (Wildman–Crippen MR) is 124 cm³/mol. The largest absolute Gasteiger partial charge is 0.322 e. The van der Waals surface area contributed by atoms with Gasteiger partial charge in [-0.05, 0) is 48.9 Å². The Hall–Kier alpha value is -3.03. The third kappa shape index (κ3) is 4.74. The fraction of sp³-hybridized carbons (Fsp3) is 0.400. The lowest BCUT2D eigenvalue weighted by molar-refractivity contribution is 0.0636. The van der Waals surface area contributed by atoms with Gasteiger partial charge < -0.3 is 10.2 Å². The zero-order valence-corrected chi connectivity index (χ0v) is 18.9. The number of piperazine rings is 1. The Labute approximate surface area is 189 Å². The molecule has 1 fully saturated rings. The molecular formula is C25H30N4O3. The van der Waals surface area contributed by atoms with Gasteiger partial charge in [0.1, 0.15) is 0 Å². The summed E-state index contributed by atoms with van der Waals surface area (Å²) in [5.41, 5.74) is 2.92. The van der Waals surface area contributed by atoms with E-state index in [1.54, 1.807) is 12.1 Å². The number of carbonyl (C=O) groups is 3. The average Bonchev–Trinajstić information content (AvgIpc) is 3.00. The van der Waals surface area contributed by atoms with Crippen molar-refractivity contribution >= 4 is 23.4 Å². The molecule has 2 aromatic carbocycles. The van der Waals surface area contributed by atoms with Crippen LogP contribution in [0.5, 0.6) is 0 Å². The molecule has 2 aliphatic heterocycles. The Bertz CT molecular complexity index is 1020. The summed E-state index contributed by atoms with van der Waals surface area (Å²) in [4.78, 5) is 43.9. The van der Waals surface area contributed by atoms with E-state index in [0.29, 0.717) is 28.9 Å². The van der Waals surface area contributed by atoms with E-state index in [1.807, 2.05) is 38.1 Å². The smallest absolute Gasteiger partial charge is 0.261 e. The number of rotatable bonds is 6. The van der Waals surface area contributed by atoms with Crippen molar-refractivity contribution in [1.29, 1.82) is 0 Å². The molecule has 0 bridgehead atoms. The normalized spacial score (nSPS) is 17.2. The number of anilines is 1. The summed E-state index contributed by atoms with van der Waals surface area (Å²) in [5, 5.41) is 2.89. The molecule has 2 heterocycles. The minimum absolute atomic E-state index is 0.180. The molecule has 3 amide bonds. The lowest BCUT2D eigenvalue weighted by Gasteiger charge is -2.32. The molecule has 7 nitrogen and oxygen atoms in total. The van der Waals surface area contributed by atoms with Gasteiger partial charge in [-0.15, -0.1) is 0 Å². The van der Waals surface area contributed by atoms with Crippen LogP contribution in [0.25, 0.3) is 0 Å². The van der Waals surface area contributed by atoms with Crippen molar-refractivity contribution in [2.75, 3.05) is 45.1 Å². The molecule has 1 N–H and O–H groups in total. The van der Waals surface area contributed by atoms with Crippen LogP contribution in [0.3, 0.4) is 0 Å². The highest BCUT2D eigenvalue weighted by Crippen LogP contribution is 2.25. The second kappa shape index (κ2) is 9.22. The van der Waals surface area contributed by atoms with Gasteiger partial charge in [0, 0.05) is 50.5 Å². The molecule has 0 aliphatic carbocycles. The van der Waals surface area contributed by atoms with Gasteiger partial charge in [-0.3, -0.25) is 24.2 Å². The number of hydrogen-bond donors (Lipinski definition) is 1. The van der Waals surface area contributed by atoms with Gasteiger partial charge in [-0.2, -0.15) is 0 Å². The minimum atomic E-state index is -0.332. The van der Waals surface area contributed by atoms with Crippen molar-refractivity contribution < 1.29 is 14.4 Å². The number of amides is 3. The van der Waals surface area contributed by atoms with Gasteiger partial charge in [0.05, 0.1) is 11.1 Å². The molecule has 7 heteroatoms.